The summed E-state index contributed by atoms with van der Waals surface area (Å²) in [5.74, 6) is 1.91. The van der Waals surface area contributed by atoms with Gasteiger partial charge in [0.25, 0.3) is 0 Å². The predicted octanol–water partition coefficient (Wildman–Crippen LogP) is 1.34. The molecule has 0 spiro atoms. The molecule has 0 unspecified atom stereocenters. The van der Waals surface area contributed by atoms with Crippen molar-refractivity contribution >= 4 is 29.9 Å². The van der Waals surface area contributed by atoms with E-state index < -0.39 is 0 Å². The van der Waals surface area contributed by atoms with Crippen LogP contribution in [0.4, 0.5) is 0 Å². The number of rotatable bonds is 3. The summed E-state index contributed by atoms with van der Waals surface area (Å²) in [5.41, 5.74) is 2.19. The summed E-state index contributed by atoms with van der Waals surface area (Å²) in [5, 5.41) is 7.27. The molecule has 2 heterocycles. The standard InChI is InChI=1S/C11H18N4O.HI/c1-8-10(9(2)16-14-8)4-5-12-11-13-6-7-15(11)3;/h4-7H2,1-3H3,(H,12,13);1H. The molecule has 17 heavy (non-hydrogen) atoms. The highest BCUT2D eigenvalue weighted by molar-refractivity contribution is 14.0. The number of nitrogens with one attached hydrogen (secondary N) is 1. The van der Waals surface area contributed by atoms with Gasteiger partial charge in [-0.1, -0.05) is 5.16 Å². The van der Waals surface area contributed by atoms with Gasteiger partial charge in [-0.3, -0.25) is 4.99 Å². The lowest BCUT2D eigenvalue weighted by Crippen LogP contribution is -2.36. The Morgan fingerprint density at radius 2 is 2.18 bits per heavy atom. The molecule has 1 aliphatic rings. The summed E-state index contributed by atoms with van der Waals surface area (Å²) in [4.78, 5) is 6.51. The van der Waals surface area contributed by atoms with Gasteiger partial charge in [-0.15, -0.1) is 24.0 Å². The van der Waals surface area contributed by atoms with Gasteiger partial charge in [-0.05, 0) is 20.3 Å². The number of aryl methyl sites for hydroxylation is 2. The maximum absolute atomic E-state index is 5.12. The Morgan fingerprint density at radius 1 is 1.41 bits per heavy atom. The van der Waals surface area contributed by atoms with Crippen molar-refractivity contribution in [2.75, 3.05) is 26.7 Å². The van der Waals surface area contributed by atoms with Gasteiger partial charge in [-0.2, -0.15) is 0 Å². The smallest absolute Gasteiger partial charge is 0.193 e. The summed E-state index contributed by atoms with van der Waals surface area (Å²) in [7, 11) is 2.05. The Labute approximate surface area is 119 Å². The van der Waals surface area contributed by atoms with Crippen LogP contribution in [0, 0.1) is 13.8 Å². The largest absolute Gasteiger partial charge is 0.361 e. The second-order valence-electron chi connectivity index (χ2n) is 4.11. The van der Waals surface area contributed by atoms with Gasteiger partial charge in [-0.25, -0.2) is 0 Å². The van der Waals surface area contributed by atoms with E-state index in [0.717, 1.165) is 43.5 Å². The number of hydrogen-bond donors (Lipinski definition) is 1. The van der Waals surface area contributed by atoms with E-state index in [-0.39, 0.29) is 24.0 Å². The zero-order chi connectivity index (χ0) is 11.5. The van der Waals surface area contributed by atoms with Gasteiger partial charge in [0.05, 0.1) is 12.2 Å². The van der Waals surface area contributed by atoms with Crippen molar-refractivity contribution in [2.24, 2.45) is 4.99 Å². The Hall–Kier alpha value is -0.790. The number of aromatic nitrogens is 1. The SMILES string of the molecule is Cc1noc(C)c1CCNC1=NCCN1C.I. The number of likely N-dealkylation sites (N-methyl/N-ethyl adjacent to an activating group) is 1. The van der Waals surface area contributed by atoms with E-state index in [9.17, 15) is 0 Å². The second kappa shape index (κ2) is 6.23. The highest BCUT2D eigenvalue weighted by Gasteiger charge is 2.12. The molecule has 0 atom stereocenters. The molecule has 0 bridgehead atoms. The Bertz CT molecular complexity index is 383. The number of hydrogen-bond acceptors (Lipinski definition) is 5. The van der Waals surface area contributed by atoms with Crippen LogP contribution in [0.1, 0.15) is 17.0 Å². The second-order valence-corrected chi connectivity index (χ2v) is 4.11. The molecule has 1 aliphatic heterocycles. The molecule has 0 saturated heterocycles. The minimum Gasteiger partial charge on any atom is -0.361 e. The summed E-state index contributed by atoms with van der Waals surface area (Å²) in [6, 6.07) is 0. The molecule has 0 saturated carbocycles. The predicted molar refractivity (Wildman–Crippen MR) is 78.0 cm³/mol. The van der Waals surface area contributed by atoms with Crippen LogP contribution in [0.5, 0.6) is 0 Å². The fourth-order valence-electron chi connectivity index (χ4n) is 1.88. The first-order valence-corrected chi connectivity index (χ1v) is 5.59. The molecule has 0 radical (unpaired) electrons. The molecule has 0 aliphatic carbocycles. The molecule has 0 amide bonds. The van der Waals surface area contributed by atoms with Crippen molar-refractivity contribution in [1.82, 2.24) is 15.4 Å². The Balaban J connectivity index is 0.00000144. The molecule has 0 aromatic carbocycles. The van der Waals surface area contributed by atoms with Crippen LogP contribution in [-0.4, -0.2) is 42.7 Å². The highest BCUT2D eigenvalue weighted by atomic mass is 127. The maximum atomic E-state index is 5.12. The third kappa shape index (κ3) is 3.34. The van der Waals surface area contributed by atoms with Gasteiger partial charge in [0.1, 0.15) is 5.76 Å². The van der Waals surface area contributed by atoms with E-state index >= 15 is 0 Å². The molecule has 1 N–H and O–H groups in total. The van der Waals surface area contributed by atoms with Crippen LogP contribution in [0.3, 0.4) is 0 Å². The zero-order valence-corrected chi connectivity index (χ0v) is 12.8. The number of aliphatic imine (C=N–C) groups is 1. The average Bonchev–Trinajstić information content (AvgIpc) is 2.79. The fraction of sp³-hybridized carbons (Fsp3) is 0.636. The highest BCUT2D eigenvalue weighted by Crippen LogP contribution is 2.12. The quantitative estimate of drug-likeness (QED) is 0.836. The molecular formula is C11H19IN4O. The van der Waals surface area contributed by atoms with Crippen LogP contribution in [0.25, 0.3) is 0 Å². The first kappa shape index (κ1) is 14.3. The van der Waals surface area contributed by atoms with E-state index in [0.29, 0.717) is 0 Å². The van der Waals surface area contributed by atoms with Gasteiger partial charge >= 0.3 is 0 Å². The lowest BCUT2D eigenvalue weighted by atomic mass is 10.1. The lowest BCUT2D eigenvalue weighted by Gasteiger charge is -2.14. The zero-order valence-electron chi connectivity index (χ0n) is 10.5. The van der Waals surface area contributed by atoms with Crippen molar-refractivity contribution in [3.05, 3.63) is 17.0 Å². The van der Waals surface area contributed by atoms with Gasteiger partial charge in [0.2, 0.25) is 0 Å². The van der Waals surface area contributed by atoms with E-state index in [1.807, 2.05) is 13.8 Å². The first-order chi connectivity index (χ1) is 7.68. The Kier molecular flexibility index (Phi) is 5.23. The number of guanidine groups is 1. The van der Waals surface area contributed by atoms with E-state index in [1.165, 1.54) is 5.56 Å². The number of nitrogens with zero attached hydrogens (tertiary/aromatic N) is 3. The molecule has 0 fully saturated rings. The van der Waals surface area contributed by atoms with Gasteiger partial charge in [0, 0.05) is 25.7 Å². The minimum atomic E-state index is 0. The average molecular weight is 350 g/mol. The van der Waals surface area contributed by atoms with Crippen molar-refractivity contribution in [1.29, 1.82) is 0 Å². The van der Waals surface area contributed by atoms with Crippen LogP contribution in [0.2, 0.25) is 0 Å². The van der Waals surface area contributed by atoms with E-state index in [4.69, 9.17) is 4.52 Å². The molecule has 6 heteroatoms. The van der Waals surface area contributed by atoms with Crippen LogP contribution >= 0.6 is 24.0 Å². The molecule has 5 nitrogen and oxygen atoms in total. The normalized spacial score (nSPS) is 14.5. The summed E-state index contributed by atoms with van der Waals surface area (Å²) < 4.78 is 5.12. The lowest BCUT2D eigenvalue weighted by molar-refractivity contribution is 0.392. The van der Waals surface area contributed by atoms with Crippen molar-refractivity contribution in [3.63, 3.8) is 0 Å². The van der Waals surface area contributed by atoms with Crippen LogP contribution < -0.4 is 5.32 Å². The van der Waals surface area contributed by atoms with Gasteiger partial charge < -0.3 is 14.7 Å². The van der Waals surface area contributed by atoms with Gasteiger partial charge in [0.15, 0.2) is 5.96 Å². The van der Waals surface area contributed by atoms with Crippen molar-refractivity contribution in [3.8, 4) is 0 Å². The third-order valence-electron chi connectivity index (χ3n) is 2.90. The number of halogens is 1. The molecule has 2 rings (SSSR count). The van der Waals surface area contributed by atoms with Crippen molar-refractivity contribution < 1.29 is 4.52 Å². The topological polar surface area (TPSA) is 53.7 Å². The summed E-state index contributed by atoms with van der Waals surface area (Å²) in [6.07, 6.45) is 0.925. The maximum Gasteiger partial charge on any atom is 0.193 e. The van der Waals surface area contributed by atoms with Crippen molar-refractivity contribution in [2.45, 2.75) is 20.3 Å². The molecule has 1 aromatic rings. The van der Waals surface area contributed by atoms with E-state index in [2.05, 4.69) is 27.4 Å². The third-order valence-corrected chi connectivity index (χ3v) is 2.90. The minimum absolute atomic E-state index is 0. The molecule has 96 valence electrons. The fourth-order valence-corrected chi connectivity index (χ4v) is 1.88. The van der Waals surface area contributed by atoms with Crippen LogP contribution in [-0.2, 0) is 6.42 Å². The first-order valence-electron chi connectivity index (χ1n) is 5.59. The summed E-state index contributed by atoms with van der Waals surface area (Å²) in [6.45, 7) is 6.70. The summed E-state index contributed by atoms with van der Waals surface area (Å²) >= 11 is 0. The monoisotopic (exact) mass is 350 g/mol. The Morgan fingerprint density at radius 3 is 2.71 bits per heavy atom. The molecular weight excluding hydrogens is 331 g/mol. The molecule has 1 aromatic heterocycles. The van der Waals surface area contributed by atoms with Crippen LogP contribution in [0.15, 0.2) is 9.52 Å². The van der Waals surface area contributed by atoms with E-state index in [1.54, 1.807) is 0 Å².